The van der Waals surface area contributed by atoms with E-state index in [1.165, 1.54) is 10.8 Å². The summed E-state index contributed by atoms with van der Waals surface area (Å²) >= 11 is 0. The molecule has 0 aliphatic carbocycles. The molecule has 1 N–H and O–H groups in total. The van der Waals surface area contributed by atoms with Gasteiger partial charge in [-0.3, -0.25) is 0 Å². The molecule has 2 fully saturated rings. The van der Waals surface area contributed by atoms with Crippen LogP contribution in [-0.4, -0.2) is 51.8 Å². The molecule has 5 rings (SSSR count). The molecular weight excluding hydrogens is 456 g/mol. The van der Waals surface area contributed by atoms with Crippen LogP contribution in [0.2, 0.25) is 0 Å². The van der Waals surface area contributed by atoms with Gasteiger partial charge in [-0.15, -0.1) is 5.10 Å². The molecular formula is C23H22N6O6. The Morgan fingerprint density at radius 1 is 1.29 bits per heavy atom. The Morgan fingerprint density at radius 3 is 2.80 bits per heavy atom. The van der Waals surface area contributed by atoms with Gasteiger partial charge in [0.2, 0.25) is 11.9 Å². The van der Waals surface area contributed by atoms with Crippen molar-refractivity contribution in [3.05, 3.63) is 65.6 Å². The highest BCUT2D eigenvalue weighted by Gasteiger charge is 2.64. The summed E-state index contributed by atoms with van der Waals surface area (Å²) in [4.78, 5) is 16.0. The molecule has 3 aromatic rings. The van der Waals surface area contributed by atoms with Crippen LogP contribution >= 0.6 is 0 Å². The highest BCUT2D eigenvalue weighted by atomic mass is 16.8. The first-order valence-electron chi connectivity index (χ1n) is 11.0. The molecule has 5 atom stereocenters. The predicted octanol–water partition coefficient (Wildman–Crippen LogP) is 1.63. The van der Waals surface area contributed by atoms with Gasteiger partial charge in [0.05, 0.1) is 11.8 Å². The lowest BCUT2D eigenvalue weighted by atomic mass is 9.92. The van der Waals surface area contributed by atoms with E-state index < -0.39 is 36.4 Å². The van der Waals surface area contributed by atoms with Crippen molar-refractivity contribution in [2.45, 2.75) is 50.2 Å². The first kappa shape index (κ1) is 22.9. The summed E-state index contributed by atoms with van der Waals surface area (Å²) in [5, 5.41) is 16.7. The van der Waals surface area contributed by atoms with Crippen LogP contribution in [0, 0.1) is 11.3 Å². The van der Waals surface area contributed by atoms with Crippen LogP contribution in [0.25, 0.3) is 11.0 Å². The van der Waals surface area contributed by atoms with E-state index in [1.807, 2.05) is 35.4 Å². The van der Waals surface area contributed by atoms with E-state index in [9.17, 15) is 15.6 Å². The van der Waals surface area contributed by atoms with Crippen molar-refractivity contribution in [3.8, 4) is 6.07 Å². The Bertz CT molecular complexity index is 1290. The number of nitrogens with zero attached hydrogens (tertiary/aromatic N) is 5. The summed E-state index contributed by atoms with van der Waals surface area (Å²) in [5.74, 6) is 0.149. The van der Waals surface area contributed by atoms with E-state index in [1.54, 1.807) is 26.0 Å². The first-order chi connectivity index (χ1) is 17.0. The molecule has 2 aliphatic rings. The van der Waals surface area contributed by atoms with Gasteiger partial charge in [0.25, 0.3) is 0 Å². The number of hydrogen-bond donors (Lipinski definition) is 1. The second-order valence-electron chi connectivity index (χ2n) is 8.37. The van der Waals surface area contributed by atoms with Gasteiger partial charge in [-0.2, -0.15) is 5.26 Å². The van der Waals surface area contributed by atoms with Crippen molar-refractivity contribution in [3.63, 3.8) is 0 Å². The summed E-state index contributed by atoms with van der Waals surface area (Å²) in [6, 6.07) is 14.8. The number of nitriles is 1. The highest BCUT2D eigenvalue weighted by molar-refractivity contribution is 5.62. The zero-order chi connectivity index (χ0) is 24.6. The number of carbonyl (C=O) groups is 1. The number of nitrogens with one attached hydrogen (secondary N) is 1. The third kappa shape index (κ3) is 3.89. The topological polar surface area (TPSA) is 153 Å². The first-order valence-corrected chi connectivity index (χ1v) is 11.0. The van der Waals surface area contributed by atoms with E-state index in [0.717, 1.165) is 5.56 Å². The fourth-order valence-electron chi connectivity index (χ4n) is 4.37. The summed E-state index contributed by atoms with van der Waals surface area (Å²) < 4.78 is 30.4. The normalized spacial score (nSPS) is 27.5. The molecule has 12 nitrogen and oxygen atoms in total. The molecule has 2 aromatic heterocycles. The van der Waals surface area contributed by atoms with E-state index in [-0.39, 0.29) is 18.5 Å². The van der Waals surface area contributed by atoms with Gasteiger partial charge in [0, 0.05) is 5.56 Å². The summed E-state index contributed by atoms with van der Waals surface area (Å²) in [5.41, 5.74) is 9.27. The van der Waals surface area contributed by atoms with Crippen molar-refractivity contribution in [2.24, 2.45) is 0 Å². The quantitative estimate of drug-likeness (QED) is 0.411. The summed E-state index contributed by atoms with van der Waals surface area (Å²) in [6.07, 6.45) is -3.20. The standard InChI is InChI=1S/C23H22N6O6/c1-13(2)32-22(30)31-10-16-18-19(34-21(33-18)14-6-4-3-5-7-14)23(11-24,35-16)17-9-8-15-20(28-25)26-12-27-29(15)17/h3-9,12-13,16,18-19,21,28H,10H2,1-2H3/t16-,18-,19-,21?,23+/m1/s1. The highest BCUT2D eigenvalue weighted by Crippen LogP contribution is 2.49. The van der Waals surface area contributed by atoms with E-state index >= 15 is 0 Å². The van der Waals surface area contributed by atoms with E-state index in [0.29, 0.717) is 11.2 Å². The molecule has 2 saturated heterocycles. The predicted molar refractivity (Wildman–Crippen MR) is 116 cm³/mol. The molecule has 0 radical (unpaired) electrons. The maximum atomic E-state index is 12.0. The lowest BCUT2D eigenvalue weighted by molar-refractivity contribution is -0.383. The minimum absolute atomic E-state index is 0.149. The molecule has 4 heterocycles. The number of fused-ring (bicyclic) bond motifs is 2. The summed E-state index contributed by atoms with van der Waals surface area (Å²) in [6.45, 7) is 3.19. The fraction of sp³-hybridized carbons (Fsp3) is 0.391. The van der Waals surface area contributed by atoms with Crippen molar-refractivity contribution in [2.75, 3.05) is 6.61 Å². The minimum Gasteiger partial charge on any atom is -0.614 e. The number of hydrogen-bond acceptors (Lipinski definition) is 9. The lowest BCUT2D eigenvalue weighted by Gasteiger charge is -2.26. The molecule has 12 heteroatoms. The van der Waals surface area contributed by atoms with Crippen molar-refractivity contribution in [1.29, 1.82) is 5.26 Å². The monoisotopic (exact) mass is 478 g/mol. The van der Waals surface area contributed by atoms with Gasteiger partial charge < -0.3 is 34.3 Å². The average Bonchev–Trinajstić information content (AvgIpc) is 3.56. The van der Waals surface area contributed by atoms with Crippen LogP contribution in [0.15, 0.2) is 48.8 Å². The van der Waals surface area contributed by atoms with Crippen LogP contribution < -0.4 is 5.11 Å². The van der Waals surface area contributed by atoms with Crippen LogP contribution in [-0.2, 0) is 29.3 Å². The number of rotatable bonds is 6. The number of benzene rings is 1. The molecule has 35 heavy (non-hydrogen) atoms. The van der Waals surface area contributed by atoms with Gasteiger partial charge >= 0.3 is 12.0 Å². The SMILES string of the molecule is CC(C)OC(=O)OC[C@H]1O[C@@](C#N)(c2ccc3c([NH+]=[N-])ncnn23)[C@@H]2OC(c3ccccc3)O[C@@H]21. The number of aromatic nitrogens is 3. The van der Waals surface area contributed by atoms with Crippen molar-refractivity contribution in [1.82, 2.24) is 14.6 Å². The van der Waals surface area contributed by atoms with Crippen molar-refractivity contribution < 1.29 is 33.6 Å². The summed E-state index contributed by atoms with van der Waals surface area (Å²) in [7, 11) is 0. The Hall–Kier alpha value is -3.92. The molecule has 0 spiro atoms. The number of ether oxygens (including phenoxy) is 5. The largest absolute Gasteiger partial charge is 0.614 e. The van der Waals surface area contributed by atoms with Gasteiger partial charge in [-0.25, -0.2) is 9.31 Å². The van der Waals surface area contributed by atoms with E-state index in [4.69, 9.17) is 23.7 Å². The average molecular weight is 478 g/mol. The fourth-order valence-corrected chi connectivity index (χ4v) is 4.37. The molecule has 180 valence electrons. The second-order valence-corrected chi connectivity index (χ2v) is 8.37. The minimum atomic E-state index is -1.67. The van der Waals surface area contributed by atoms with Gasteiger partial charge in [-0.1, -0.05) is 30.3 Å². The lowest BCUT2D eigenvalue weighted by Crippen LogP contribution is -2.55. The van der Waals surface area contributed by atoms with Gasteiger partial charge in [-0.05, 0) is 31.0 Å². The zero-order valence-electron chi connectivity index (χ0n) is 18.9. The van der Waals surface area contributed by atoms with Crippen molar-refractivity contribution >= 4 is 17.5 Å². The van der Waals surface area contributed by atoms with Gasteiger partial charge in [0.15, 0.2) is 11.8 Å². The Balaban J connectivity index is 1.53. The number of carbonyl (C=O) groups excluding carboxylic acids is 1. The van der Waals surface area contributed by atoms with Crippen LogP contribution in [0.1, 0.15) is 31.4 Å². The maximum absolute atomic E-state index is 12.0. The Kier molecular flexibility index (Phi) is 5.89. The van der Waals surface area contributed by atoms with Gasteiger partial charge in [0.1, 0.15) is 31.0 Å². The smallest absolute Gasteiger partial charge is 0.508 e. The molecule has 0 saturated carbocycles. The Labute approximate surface area is 199 Å². The van der Waals surface area contributed by atoms with Crippen LogP contribution in [0.3, 0.4) is 0 Å². The molecule has 1 unspecified atom stereocenters. The van der Waals surface area contributed by atoms with E-state index in [2.05, 4.69) is 16.2 Å². The molecule has 0 bridgehead atoms. The molecule has 1 aromatic carbocycles. The van der Waals surface area contributed by atoms with Crippen LogP contribution in [0.4, 0.5) is 10.6 Å². The second kappa shape index (κ2) is 9.03. The molecule has 2 aliphatic heterocycles. The zero-order valence-corrected chi connectivity index (χ0v) is 18.9. The Morgan fingerprint density at radius 2 is 2.09 bits per heavy atom. The maximum Gasteiger partial charge on any atom is 0.508 e. The third-order valence-electron chi connectivity index (χ3n) is 5.83. The third-order valence-corrected chi connectivity index (χ3v) is 5.83. The van der Waals surface area contributed by atoms with Crippen LogP contribution in [0.5, 0.6) is 0 Å². The molecule has 0 amide bonds.